The van der Waals surface area contributed by atoms with Crippen molar-refractivity contribution in [2.45, 2.75) is 13.8 Å². The molecule has 51 valence electrons. The fourth-order valence-corrected chi connectivity index (χ4v) is 0. The van der Waals surface area contributed by atoms with E-state index in [-0.39, 0.29) is 20.4 Å². The van der Waals surface area contributed by atoms with Crippen LogP contribution in [0.1, 0.15) is 13.8 Å². The van der Waals surface area contributed by atoms with Crippen LogP contribution in [0.5, 0.6) is 0 Å². The third kappa shape index (κ3) is 35.5. The summed E-state index contributed by atoms with van der Waals surface area (Å²) in [6.07, 6.45) is 0.639. The van der Waals surface area contributed by atoms with Crippen molar-refractivity contribution in [2.24, 2.45) is 0 Å². The fourth-order valence-electron chi connectivity index (χ4n) is 0. The van der Waals surface area contributed by atoms with Gasteiger partial charge in [0.2, 0.25) is 0 Å². The summed E-state index contributed by atoms with van der Waals surface area (Å²) >= 11 is 0. The van der Waals surface area contributed by atoms with E-state index in [1.165, 1.54) is 4.90 Å². The Hall–Kier alpha value is 0.132. The summed E-state index contributed by atoms with van der Waals surface area (Å²) in [5.41, 5.74) is 0. The number of carbonyl (C=O) groups is 1. The Labute approximate surface area is 64.9 Å². The molecular formula is C5H12NORe-. The monoisotopic (exact) mass is 289 g/mol. The molecule has 0 fully saturated rings. The molecule has 0 aliphatic rings. The molecule has 1 radical (unpaired) electrons. The summed E-state index contributed by atoms with van der Waals surface area (Å²) in [5.74, 6) is 0. The van der Waals surface area contributed by atoms with Gasteiger partial charge < -0.3 is 4.90 Å². The van der Waals surface area contributed by atoms with Crippen LogP contribution in [0, 0.1) is 7.05 Å². The third-order valence-corrected chi connectivity index (χ3v) is 0.180. The van der Waals surface area contributed by atoms with Gasteiger partial charge in [-0.15, -0.1) is 0 Å². The maximum absolute atomic E-state index is 9.37. The minimum atomic E-state index is 0. The van der Waals surface area contributed by atoms with Gasteiger partial charge in [0.05, 0.1) is 0 Å². The van der Waals surface area contributed by atoms with Crippen LogP contribution < -0.4 is 0 Å². The molecule has 1 amide bonds. The number of hydrogen-bond donors (Lipinski definition) is 0. The van der Waals surface area contributed by atoms with Crippen molar-refractivity contribution in [3.63, 3.8) is 0 Å². The Balaban J connectivity index is -0.0000000750. The third-order valence-electron chi connectivity index (χ3n) is 0.180. The summed E-state index contributed by atoms with van der Waals surface area (Å²) in [6.45, 7) is 4.00. The minimum Gasteiger partial charge on any atom is -0.501 e. The maximum Gasteiger partial charge on any atom is 0.180 e. The molecule has 0 bridgehead atoms. The van der Waals surface area contributed by atoms with Crippen molar-refractivity contribution < 1.29 is 25.2 Å². The Morgan fingerprint density at radius 3 is 1.62 bits per heavy atom. The Morgan fingerprint density at radius 2 is 1.62 bits per heavy atom. The van der Waals surface area contributed by atoms with E-state index < -0.39 is 0 Å². The molecule has 0 aromatic rings. The second-order valence-corrected chi connectivity index (χ2v) is 0.862. The van der Waals surface area contributed by atoms with Gasteiger partial charge >= 0.3 is 0 Å². The number of amides is 1. The molecule has 0 spiro atoms. The van der Waals surface area contributed by atoms with Gasteiger partial charge in [-0.1, -0.05) is 13.8 Å². The van der Waals surface area contributed by atoms with Crippen molar-refractivity contribution in [1.29, 1.82) is 0 Å². The molecule has 2 nitrogen and oxygen atoms in total. The van der Waals surface area contributed by atoms with Crippen LogP contribution in [0.4, 0.5) is 0 Å². The molecule has 0 atom stereocenters. The van der Waals surface area contributed by atoms with E-state index in [1.807, 2.05) is 13.8 Å². The van der Waals surface area contributed by atoms with E-state index in [9.17, 15) is 4.79 Å². The molecule has 0 saturated carbocycles. The molecule has 8 heavy (non-hydrogen) atoms. The summed E-state index contributed by atoms with van der Waals surface area (Å²) in [4.78, 5) is 10.6. The second kappa shape index (κ2) is 15.7. The molecule has 0 aliphatic heterocycles. The van der Waals surface area contributed by atoms with Gasteiger partial charge in [-0.05, 0) is 7.05 Å². The van der Waals surface area contributed by atoms with Crippen LogP contribution in [0.15, 0.2) is 0 Å². The number of carbonyl (C=O) groups excluding carboxylic acids is 1. The second-order valence-electron chi connectivity index (χ2n) is 0.862. The van der Waals surface area contributed by atoms with Gasteiger partial charge in [-0.2, -0.15) is 0 Å². The molecule has 0 unspecified atom stereocenters. The van der Waals surface area contributed by atoms with Crippen molar-refractivity contribution in [1.82, 2.24) is 4.90 Å². The molecular weight excluding hydrogens is 276 g/mol. The van der Waals surface area contributed by atoms with E-state index in [0.717, 1.165) is 0 Å². The van der Waals surface area contributed by atoms with E-state index >= 15 is 0 Å². The van der Waals surface area contributed by atoms with Crippen LogP contribution in [0.3, 0.4) is 0 Å². The zero-order chi connectivity index (χ0) is 6.28. The molecule has 0 aromatic carbocycles. The Morgan fingerprint density at radius 1 is 1.50 bits per heavy atom. The molecule has 0 aromatic heterocycles. The SMILES string of the molecule is CC.[CH2-]N(C)C=O.[Re]. The van der Waals surface area contributed by atoms with Gasteiger partial charge in [0.15, 0.2) is 6.41 Å². The van der Waals surface area contributed by atoms with Crippen molar-refractivity contribution in [2.75, 3.05) is 7.05 Å². The first-order chi connectivity index (χ1) is 3.27. The van der Waals surface area contributed by atoms with Gasteiger partial charge in [-0.3, -0.25) is 11.8 Å². The summed E-state index contributed by atoms with van der Waals surface area (Å²) in [7, 11) is 4.80. The normalized spacial score (nSPS) is 5.00. The summed E-state index contributed by atoms with van der Waals surface area (Å²) in [5, 5.41) is 0. The first kappa shape index (κ1) is 15.7. The number of rotatable bonds is 1. The molecule has 0 rings (SSSR count). The predicted octanol–water partition coefficient (Wildman–Crippen LogP) is 0.890. The van der Waals surface area contributed by atoms with Crippen LogP contribution in [0.2, 0.25) is 0 Å². The Bertz CT molecular complexity index is 39.4. The first-order valence-electron chi connectivity index (χ1n) is 2.26. The zero-order valence-corrected chi connectivity index (χ0v) is 8.23. The topological polar surface area (TPSA) is 20.3 Å². The van der Waals surface area contributed by atoms with E-state index in [0.29, 0.717) is 6.41 Å². The number of nitrogens with zero attached hydrogens (tertiary/aromatic N) is 1. The van der Waals surface area contributed by atoms with Crippen LogP contribution in [0.25, 0.3) is 0 Å². The van der Waals surface area contributed by atoms with Crippen LogP contribution in [-0.2, 0) is 25.2 Å². The molecule has 0 N–H and O–H groups in total. The molecule has 3 heteroatoms. The molecule has 0 heterocycles. The van der Waals surface area contributed by atoms with Gasteiger partial charge in [0.25, 0.3) is 0 Å². The molecule has 0 aliphatic carbocycles. The summed E-state index contributed by atoms with van der Waals surface area (Å²) in [6, 6.07) is 0. The van der Waals surface area contributed by atoms with Gasteiger partial charge in [0, 0.05) is 20.4 Å². The average molecular weight is 288 g/mol. The van der Waals surface area contributed by atoms with Gasteiger partial charge in [0.1, 0.15) is 0 Å². The smallest absolute Gasteiger partial charge is 0.180 e. The standard InChI is InChI=1S/C3H6NO.C2H6.Re/c1-4(2)3-5;1-2;/h3H,1H2,2H3;1-2H3;/q-1;;. The quantitative estimate of drug-likeness (QED) is 0.518. The fraction of sp³-hybridized carbons (Fsp3) is 0.600. The average Bonchev–Trinajstić information content (AvgIpc) is 1.73. The zero-order valence-electron chi connectivity index (χ0n) is 5.52. The minimum absolute atomic E-state index is 0. The largest absolute Gasteiger partial charge is 0.501 e. The maximum atomic E-state index is 9.37. The van der Waals surface area contributed by atoms with Crippen molar-refractivity contribution >= 4 is 6.41 Å². The van der Waals surface area contributed by atoms with E-state index in [2.05, 4.69) is 7.05 Å². The molecule has 0 saturated heterocycles. The van der Waals surface area contributed by atoms with E-state index in [1.54, 1.807) is 7.05 Å². The van der Waals surface area contributed by atoms with Crippen molar-refractivity contribution in [3.05, 3.63) is 7.05 Å². The number of hydrogen-bond acceptors (Lipinski definition) is 1. The van der Waals surface area contributed by atoms with Crippen molar-refractivity contribution in [3.8, 4) is 0 Å². The van der Waals surface area contributed by atoms with Gasteiger partial charge in [-0.25, -0.2) is 0 Å². The van der Waals surface area contributed by atoms with E-state index in [4.69, 9.17) is 0 Å². The van der Waals surface area contributed by atoms with Crippen LogP contribution in [-0.4, -0.2) is 18.4 Å². The first-order valence-corrected chi connectivity index (χ1v) is 2.26. The summed E-state index contributed by atoms with van der Waals surface area (Å²) < 4.78 is 0. The van der Waals surface area contributed by atoms with Crippen LogP contribution >= 0.6 is 0 Å². The predicted molar refractivity (Wildman–Crippen MR) is 30.5 cm³/mol. The Kier molecular flexibility index (Phi) is 30.8.